The molecule has 3 N–H and O–H groups in total. The molecule has 0 aliphatic carbocycles. The zero-order valence-corrected chi connectivity index (χ0v) is 13.6. The van der Waals surface area contributed by atoms with Crippen LogP contribution in [-0.2, 0) is 6.42 Å². The Kier molecular flexibility index (Phi) is 4.46. The van der Waals surface area contributed by atoms with Crippen LogP contribution in [0.1, 0.15) is 31.2 Å². The summed E-state index contributed by atoms with van der Waals surface area (Å²) in [5, 5.41) is 0. The van der Waals surface area contributed by atoms with Crippen LogP contribution < -0.4 is 11.3 Å². The van der Waals surface area contributed by atoms with E-state index in [1.54, 1.807) is 0 Å². The van der Waals surface area contributed by atoms with Gasteiger partial charge in [-0.05, 0) is 62.8 Å². The maximum Gasteiger partial charge on any atom is 0.0280 e. The van der Waals surface area contributed by atoms with Gasteiger partial charge in [0.05, 0.1) is 0 Å². The molecule has 2 heterocycles. The van der Waals surface area contributed by atoms with E-state index in [0.717, 1.165) is 23.0 Å². The molecule has 110 valence electrons. The van der Waals surface area contributed by atoms with Gasteiger partial charge in [-0.1, -0.05) is 28.1 Å². The van der Waals surface area contributed by atoms with E-state index in [1.807, 2.05) is 0 Å². The van der Waals surface area contributed by atoms with Crippen LogP contribution in [0, 0.1) is 5.92 Å². The number of hydrazine groups is 1. The molecular formula is C16H24BrN3. The zero-order valence-electron chi connectivity index (χ0n) is 12.1. The number of nitrogens with two attached hydrogens (primary N) is 1. The molecule has 1 aromatic carbocycles. The van der Waals surface area contributed by atoms with Gasteiger partial charge in [0.1, 0.15) is 0 Å². The van der Waals surface area contributed by atoms with E-state index < -0.39 is 0 Å². The monoisotopic (exact) mass is 337 g/mol. The van der Waals surface area contributed by atoms with Gasteiger partial charge in [-0.2, -0.15) is 0 Å². The van der Waals surface area contributed by atoms with Crippen molar-refractivity contribution >= 4 is 15.9 Å². The molecule has 3 rings (SSSR count). The van der Waals surface area contributed by atoms with Crippen molar-refractivity contribution in [2.45, 2.75) is 50.2 Å². The van der Waals surface area contributed by atoms with Crippen LogP contribution in [0.2, 0.25) is 0 Å². The van der Waals surface area contributed by atoms with Crippen LogP contribution in [0.4, 0.5) is 0 Å². The fraction of sp³-hybridized carbons (Fsp3) is 0.625. The first-order valence-corrected chi connectivity index (χ1v) is 8.39. The smallest absolute Gasteiger partial charge is 0.0280 e. The quantitative estimate of drug-likeness (QED) is 0.655. The molecule has 2 fully saturated rings. The fourth-order valence-corrected chi connectivity index (χ4v) is 4.51. The minimum Gasteiger partial charge on any atom is -0.300 e. The lowest BCUT2D eigenvalue weighted by atomic mass is 9.83. The molecular weight excluding hydrogens is 314 g/mol. The lowest BCUT2D eigenvalue weighted by molar-refractivity contribution is 0.112. The van der Waals surface area contributed by atoms with Gasteiger partial charge >= 0.3 is 0 Å². The summed E-state index contributed by atoms with van der Waals surface area (Å²) < 4.78 is 1.15. The first kappa shape index (κ1) is 14.5. The molecule has 0 spiro atoms. The van der Waals surface area contributed by atoms with Crippen LogP contribution >= 0.6 is 15.9 Å². The lowest BCUT2D eigenvalue weighted by Crippen LogP contribution is -2.49. The predicted molar refractivity (Wildman–Crippen MR) is 86.3 cm³/mol. The van der Waals surface area contributed by atoms with Crippen LogP contribution in [0.25, 0.3) is 0 Å². The number of fused-ring (bicyclic) bond motifs is 2. The number of rotatable bonds is 4. The third-order valence-corrected chi connectivity index (χ3v) is 5.76. The minimum absolute atomic E-state index is 0.390. The van der Waals surface area contributed by atoms with Gasteiger partial charge in [-0.25, -0.2) is 0 Å². The second-order valence-corrected chi connectivity index (χ2v) is 7.30. The summed E-state index contributed by atoms with van der Waals surface area (Å²) in [7, 11) is 2.29. The van der Waals surface area contributed by atoms with Crippen LogP contribution in [0.15, 0.2) is 28.7 Å². The summed E-state index contributed by atoms with van der Waals surface area (Å²) in [5.41, 5.74) is 4.44. The largest absolute Gasteiger partial charge is 0.300 e. The average Bonchev–Trinajstić information content (AvgIpc) is 2.66. The van der Waals surface area contributed by atoms with Crippen molar-refractivity contribution in [3.63, 3.8) is 0 Å². The number of halogens is 1. The molecule has 0 radical (unpaired) electrons. The second-order valence-electron chi connectivity index (χ2n) is 6.39. The summed E-state index contributed by atoms with van der Waals surface area (Å²) >= 11 is 3.55. The Balaban J connectivity index is 1.68. The zero-order chi connectivity index (χ0) is 14.1. The summed E-state index contributed by atoms with van der Waals surface area (Å²) in [6.07, 6.45) is 6.33. The minimum atomic E-state index is 0.390. The van der Waals surface area contributed by atoms with E-state index in [0.29, 0.717) is 12.0 Å². The van der Waals surface area contributed by atoms with Crippen molar-refractivity contribution in [3.05, 3.63) is 34.3 Å². The van der Waals surface area contributed by atoms with Crippen molar-refractivity contribution < 1.29 is 0 Å². The average molecular weight is 338 g/mol. The number of hydrogen-bond acceptors (Lipinski definition) is 3. The number of piperidine rings is 1. The molecule has 3 nitrogen and oxygen atoms in total. The van der Waals surface area contributed by atoms with Crippen LogP contribution in [0.5, 0.6) is 0 Å². The molecule has 4 heteroatoms. The third kappa shape index (κ3) is 2.93. The van der Waals surface area contributed by atoms with E-state index in [9.17, 15) is 0 Å². The van der Waals surface area contributed by atoms with Gasteiger partial charge in [0, 0.05) is 22.6 Å². The van der Waals surface area contributed by atoms with E-state index in [-0.39, 0.29) is 0 Å². The molecule has 2 aliphatic heterocycles. The Morgan fingerprint density at radius 1 is 1.35 bits per heavy atom. The second kappa shape index (κ2) is 6.14. The molecule has 2 aliphatic rings. The highest BCUT2D eigenvalue weighted by Gasteiger charge is 2.40. The van der Waals surface area contributed by atoms with Crippen LogP contribution in [-0.4, -0.2) is 30.1 Å². The topological polar surface area (TPSA) is 41.3 Å². The van der Waals surface area contributed by atoms with Gasteiger partial charge < -0.3 is 4.90 Å². The highest BCUT2D eigenvalue weighted by atomic mass is 79.9. The van der Waals surface area contributed by atoms with Gasteiger partial charge in [0.25, 0.3) is 0 Å². The third-order valence-electron chi connectivity index (χ3n) is 5.26. The molecule has 0 saturated carbocycles. The SMILES string of the molecule is CN1C2CCC1CC(C(Cc1cccc(Br)c1)NN)C2. The van der Waals surface area contributed by atoms with Gasteiger partial charge in [-0.15, -0.1) is 0 Å². The van der Waals surface area contributed by atoms with E-state index >= 15 is 0 Å². The fourth-order valence-electron chi connectivity index (χ4n) is 4.06. The van der Waals surface area contributed by atoms with Crippen molar-refractivity contribution in [2.75, 3.05) is 7.05 Å². The highest BCUT2D eigenvalue weighted by Crippen LogP contribution is 2.39. The Labute approximate surface area is 130 Å². The first-order valence-electron chi connectivity index (χ1n) is 7.60. The molecule has 2 saturated heterocycles. The van der Waals surface area contributed by atoms with E-state index in [4.69, 9.17) is 5.84 Å². The molecule has 0 aromatic heterocycles. The molecule has 2 bridgehead atoms. The lowest BCUT2D eigenvalue weighted by Gasteiger charge is -2.39. The Morgan fingerprint density at radius 3 is 2.65 bits per heavy atom. The maximum absolute atomic E-state index is 5.86. The van der Waals surface area contributed by atoms with Crippen molar-refractivity contribution in [1.29, 1.82) is 0 Å². The summed E-state index contributed by atoms with van der Waals surface area (Å²) in [6.45, 7) is 0. The Bertz CT molecular complexity index is 451. The number of nitrogens with zero attached hydrogens (tertiary/aromatic N) is 1. The molecule has 3 atom stereocenters. The molecule has 1 aromatic rings. The molecule has 3 unspecified atom stereocenters. The summed E-state index contributed by atoms with van der Waals surface area (Å²) in [5.74, 6) is 6.56. The van der Waals surface area contributed by atoms with Crippen molar-refractivity contribution in [3.8, 4) is 0 Å². The first-order chi connectivity index (χ1) is 9.67. The highest BCUT2D eigenvalue weighted by molar-refractivity contribution is 9.10. The van der Waals surface area contributed by atoms with Gasteiger partial charge in [-0.3, -0.25) is 11.3 Å². The molecule has 0 amide bonds. The van der Waals surface area contributed by atoms with Gasteiger partial charge in [0.15, 0.2) is 0 Å². The van der Waals surface area contributed by atoms with E-state index in [2.05, 4.69) is 57.6 Å². The summed E-state index contributed by atoms with van der Waals surface area (Å²) in [4.78, 5) is 2.59. The van der Waals surface area contributed by atoms with E-state index in [1.165, 1.54) is 31.2 Å². The van der Waals surface area contributed by atoms with Crippen LogP contribution in [0.3, 0.4) is 0 Å². The predicted octanol–water partition coefficient (Wildman–Crippen LogP) is 2.70. The number of nitrogens with one attached hydrogen (secondary N) is 1. The molecule has 20 heavy (non-hydrogen) atoms. The maximum atomic E-state index is 5.86. The van der Waals surface area contributed by atoms with Gasteiger partial charge in [0.2, 0.25) is 0 Å². The van der Waals surface area contributed by atoms with Crippen molar-refractivity contribution in [2.24, 2.45) is 11.8 Å². The number of hydrogen-bond donors (Lipinski definition) is 2. The Morgan fingerprint density at radius 2 is 2.05 bits per heavy atom. The normalized spacial score (nSPS) is 31.4. The van der Waals surface area contributed by atoms with Crippen molar-refractivity contribution in [1.82, 2.24) is 10.3 Å². The number of benzene rings is 1. The standard InChI is InChI=1S/C16H24BrN3/c1-20-14-5-6-15(20)10-12(9-14)16(19-18)8-11-3-2-4-13(17)7-11/h2-4,7,12,14-16,19H,5-6,8-10,18H2,1H3. The Hall–Kier alpha value is -0.420. The summed E-state index contributed by atoms with van der Waals surface area (Å²) in [6, 6.07) is 10.5.